The third-order valence-electron chi connectivity index (χ3n) is 3.29. The molecule has 5 heteroatoms. The number of benzene rings is 1. The van der Waals surface area contributed by atoms with Crippen molar-refractivity contribution in [2.45, 2.75) is 26.3 Å². The van der Waals surface area contributed by atoms with Gasteiger partial charge >= 0.3 is 5.97 Å². The SMILES string of the molecule is CCN(CC)C(C)(C(=O)O)c1ccc(F)c(Br)c1. The first-order valence-corrected chi connectivity index (χ1v) is 6.61. The maximum Gasteiger partial charge on any atom is 0.328 e. The molecule has 0 saturated carbocycles. The Labute approximate surface area is 115 Å². The van der Waals surface area contributed by atoms with Gasteiger partial charge in [0.05, 0.1) is 4.47 Å². The highest BCUT2D eigenvalue weighted by atomic mass is 79.9. The van der Waals surface area contributed by atoms with Crippen molar-refractivity contribution in [2.75, 3.05) is 13.1 Å². The van der Waals surface area contributed by atoms with Gasteiger partial charge in [-0.15, -0.1) is 0 Å². The molecule has 1 N–H and O–H groups in total. The molecule has 0 radical (unpaired) electrons. The summed E-state index contributed by atoms with van der Waals surface area (Å²) >= 11 is 3.09. The van der Waals surface area contributed by atoms with E-state index in [1.807, 2.05) is 18.7 Å². The maximum absolute atomic E-state index is 13.2. The molecular weight excluding hydrogens is 301 g/mol. The lowest BCUT2D eigenvalue weighted by Crippen LogP contribution is -2.49. The molecule has 1 atom stereocenters. The average Bonchev–Trinajstić information content (AvgIpc) is 2.33. The summed E-state index contributed by atoms with van der Waals surface area (Å²) in [6, 6.07) is 4.33. The third-order valence-corrected chi connectivity index (χ3v) is 3.90. The molecule has 0 fully saturated rings. The molecular formula is C13H17BrFNO2. The molecule has 0 spiro atoms. The molecule has 0 bridgehead atoms. The number of carboxylic acids is 1. The van der Waals surface area contributed by atoms with Gasteiger partial charge in [0.15, 0.2) is 0 Å². The largest absolute Gasteiger partial charge is 0.480 e. The molecule has 1 aromatic carbocycles. The number of carboxylic acid groups (broad SMARTS) is 1. The Morgan fingerprint density at radius 3 is 2.39 bits per heavy atom. The smallest absolute Gasteiger partial charge is 0.328 e. The molecule has 0 aliphatic heterocycles. The molecule has 100 valence electrons. The number of hydrogen-bond acceptors (Lipinski definition) is 2. The van der Waals surface area contributed by atoms with Gasteiger partial charge in [-0.25, -0.2) is 9.18 Å². The molecule has 0 amide bonds. The first kappa shape index (κ1) is 15.1. The zero-order valence-corrected chi connectivity index (χ0v) is 12.3. The van der Waals surface area contributed by atoms with Crippen LogP contribution in [0.2, 0.25) is 0 Å². The van der Waals surface area contributed by atoms with E-state index in [1.54, 1.807) is 6.92 Å². The number of rotatable bonds is 5. The number of nitrogens with zero attached hydrogens (tertiary/aromatic N) is 1. The predicted molar refractivity (Wildman–Crippen MR) is 72.0 cm³/mol. The van der Waals surface area contributed by atoms with Crippen LogP contribution in [-0.4, -0.2) is 29.1 Å². The normalized spacial score (nSPS) is 14.6. The van der Waals surface area contributed by atoms with Crippen LogP contribution in [0, 0.1) is 5.82 Å². The predicted octanol–water partition coefficient (Wildman–Crippen LogP) is 3.23. The summed E-state index contributed by atoms with van der Waals surface area (Å²) < 4.78 is 13.5. The number of aliphatic carboxylic acids is 1. The summed E-state index contributed by atoms with van der Waals surface area (Å²) in [4.78, 5) is 13.5. The molecule has 0 aromatic heterocycles. The Hall–Kier alpha value is -0.940. The lowest BCUT2D eigenvalue weighted by atomic mass is 9.90. The van der Waals surface area contributed by atoms with Crippen molar-refractivity contribution >= 4 is 21.9 Å². The molecule has 18 heavy (non-hydrogen) atoms. The molecule has 0 aliphatic carbocycles. The van der Waals surface area contributed by atoms with E-state index in [0.717, 1.165) is 0 Å². The first-order valence-electron chi connectivity index (χ1n) is 5.81. The van der Waals surface area contributed by atoms with Crippen molar-refractivity contribution in [3.63, 3.8) is 0 Å². The Balaban J connectivity index is 3.35. The van der Waals surface area contributed by atoms with Crippen molar-refractivity contribution in [1.29, 1.82) is 0 Å². The summed E-state index contributed by atoms with van der Waals surface area (Å²) in [7, 11) is 0. The standard InChI is InChI=1S/C13H17BrFNO2/c1-4-16(5-2)13(3,12(17)18)9-6-7-11(15)10(14)8-9/h6-8H,4-5H2,1-3H3,(H,17,18). The van der Waals surface area contributed by atoms with Gasteiger partial charge in [-0.1, -0.05) is 19.9 Å². The van der Waals surface area contributed by atoms with Gasteiger partial charge in [0.2, 0.25) is 0 Å². The molecule has 1 rings (SSSR count). The van der Waals surface area contributed by atoms with Crippen LogP contribution >= 0.6 is 15.9 Å². The van der Waals surface area contributed by atoms with Crippen LogP contribution in [0.25, 0.3) is 0 Å². The first-order chi connectivity index (χ1) is 8.37. The average molecular weight is 318 g/mol. The number of halogens is 2. The van der Waals surface area contributed by atoms with Gasteiger partial charge in [0, 0.05) is 0 Å². The van der Waals surface area contributed by atoms with E-state index in [2.05, 4.69) is 15.9 Å². The monoisotopic (exact) mass is 317 g/mol. The number of hydrogen-bond donors (Lipinski definition) is 1. The van der Waals surface area contributed by atoms with E-state index in [-0.39, 0.29) is 4.47 Å². The van der Waals surface area contributed by atoms with Gasteiger partial charge in [-0.05, 0) is 53.6 Å². The fourth-order valence-electron chi connectivity index (χ4n) is 2.10. The lowest BCUT2D eigenvalue weighted by Gasteiger charge is -2.37. The minimum absolute atomic E-state index is 0.277. The minimum atomic E-state index is -1.15. The summed E-state index contributed by atoms with van der Waals surface area (Å²) in [6.45, 7) is 6.66. The quantitative estimate of drug-likeness (QED) is 0.906. The van der Waals surface area contributed by atoms with Crippen molar-refractivity contribution in [3.8, 4) is 0 Å². The zero-order valence-electron chi connectivity index (χ0n) is 10.7. The summed E-state index contributed by atoms with van der Waals surface area (Å²) in [5, 5.41) is 9.53. The van der Waals surface area contributed by atoms with Crippen LogP contribution in [0.5, 0.6) is 0 Å². The Morgan fingerprint density at radius 2 is 2.00 bits per heavy atom. The van der Waals surface area contributed by atoms with E-state index in [9.17, 15) is 14.3 Å². The number of likely N-dealkylation sites (N-methyl/N-ethyl adjacent to an activating group) is 1. The van der Waals surface area contributed by atoms with Gasteiger partial charge in [-0.2, -0.15) is 0 Å². The summed E-state index contributed by atoms with van der Waals surface area (Å²) in [5.41, 5.74) is -0.591. The fourth-order valence-corrected chi connectivity index (χ4v) is 2.48. The molecule has 0 saturated heterocycles. The zero-order chi connectivity index (χ0) is 13.9. The van der Waals surface area contributed by atoms with Crippen LogP contribution < -0.4 is 0 Å². The highest BCUT2D eigenvalue weighted by Gasteiger charge is 2.40. The van der Waals surface area contributed by atoms with E-state index in [4.69, 9.17) is 0 Å². The van der Waals surface area contributed by atoms with Crippen LogP contribution in [-0.2, 0) is 10.3 Å². The molecule has 1 aromatic rings. The van der Waals surface area contributed by atoms with Crippen LogP contribution in [0.1, 0.15) is 26.3 Å². The summed E-state index contributed by atoms with van der Waals surface area (Å²) in [5.74, 6) is -1.34. The fraction of sp³-hybridized carbons (Fsp3) is 0.462. The van der Waals surface area contributed by atoms with Crippen LogP contribution in [0.4, 0.5) is 4.39 Å². The number of carbonyl (C=O) groups is 1. The van der Waals surface area contributed by atoms with E-state index in [1.165, 1.54) is 18.2 Å². The minimum Gasteiger partial charge on any atom is -0.480 e. The van der Waals surface area contributed by atoms with Crippen LogP contribution in [0.3, 0.4) is 0 Å². The Morgan fingerprint density at radius 1 is 1.44 bits per heavy atom. The molecule has 3 nitrogen and oxygen atoms in total. The van der Waals surface area contributed by atoms with Crippen LogP contribution in [0.15, 0.2) is 22.7 Å². The second kappa shape index (κ2) is 5.80. The molecule has 1 unspecified atom stereocenters. The summed E-state index contributed by atoms with van der Waals surface area (Å²) in [6.07, 6.45) is 0. The molecule has 0 aliphatic rings. The van der Waals surface area contributed by atoms with Crippen molar-refractivity contribution < 1.29 is 14.3 Å². The topological polar surface area (TPSA) is 40.5 Å². The maximum atomic E-state index is 13.2. The Bertz CT molecular complexity index is 449. The lowest BCUT2D eigenvalue weighted by molar-refractivity contribution is -0.151. The van der Waals surface area contributed by atoms with E-state index in [0.29, 0.717) is 18.7 Å². The van der Waals surface area contributed by atoms with Crippen molar-refractivity contribution in [2.24, 2.45) is 0 Å². The van der Waals surface area contributed by atoms with Gasteiger partial charge in [0.25, 0.3) is 0 Å². The highest BCUT2D eigenvalue weighted by molar-refractivity contribution is 9.10. The molecule has 0 heterocycles. The van der Waals surface area contributed by atoms with Crippen molar-refractivity contribution in [3.05, 3.63) is 34.1 Å². The third kappa shape index (κ3) is 2.57. The Kier molecular flexibility index (Phi) is 4.87. The van der Waals surface area contributed by atoms with Gasteiger partial charge in [-0.3, -0.25) is 4.90 Å². The van der Waals surface area contributed by atoms with E-state index >= 15 is 0 Å². The van der Waals surface area contributed by atoms with Gasteiger partial charge < -0.3 is 5.11 Å². The van der Waals surface area contributed by atoms with Crippen molar-refractivity contribution in [1.82, 2.24) is 4.90 Å². The second-order valence-corrected chi connectivity index (χ2v) is 5.03. The highest BCUT2D eigenvalue weighted by Crippen LogP contribution is 2.31. The second-order valence-electron chi connectivity index (χ2n) is 4.18. The van der Waals surface area contributed by atoms with Gasteiger partial charge in [0.1, 0.15) is 11.4 Å². The van der Waals surface area contributed by atoms with E-state index < -0.39 is 17.3 Å².